The SMILES string of the molecule is CC1CCC(C(=O)C=CC2CCC(OCF)CC2)CC1. The van der Waals surface area contributed by atoms with Crippen molar-refractivity contribution >= 4 is 5.78 Å². The molecule has 2 aliphatic carbocycles. The smallest absolute Gasteiger partial charge is 0.188 e. The lowest BCUT2D eigenvalue weighted by molar-refractivity contribution is -0.119. The number of carbonyl (C=O) groups excluding carboxylic acids is 1. The molecule has 20 heavy (non-hydrogen) atoms. The molecule has 0 aromatic heterocycles. The normalized spacial score (nSPS) is 35.3. The molecule has 2 nitrogen and oxygen atoms in total. The van der Waals surface area contributed by atoms with Crippen molar-refractivity contribution in [2.75, 3.05) is 6.86 Å². The zero-order valence-corrected chi connectivity index (χ0v) is 12.5. The Morgan fingerprint density at radius 2 is 1.75 bits per heavy atom. The Kier molecular flexibility index (Phi) is 6.21. The Labute approximate surface area is 121 Å². The van der Waals surface area contributed by atoms with Gasteiger partial charge in [-0.25, -0.2) is 4.39 Å². The van der Waals surface area contributed by atoms with Gasteiger partial charge in [0.2, 0.25) is 0 Å². The third-order valence-corrected chi connectivity index (χ3v) is 4.97. The maximum atomic E-state index is 12.2. The molecule has 0 aromatic rings. The standard InChI is InChI=1S/C17H27FO2/c1-13-2-7-15(8-3-13)17(19)11-6-14-4-9-16(10-5-14)20-12-18/h6,11,13-16H,2-5,7-10,12H2,1H3. The predicted octanol–water partition coefficient (Wildman–Crippen LogP) is 4.44. The van der Waals surface area contributed by atoms with Gasteiger partial charge in [-0.1, -0.05) is 25.8 Å². The summed E-state index contributed by atoms with van der Waals surface area (Å²) in [6.45, 7) is 1.60. The lowest BCUT2D eigenvalue weighted by Crippen LogP contribution is -2.21. The van der Waals surface area contributed by atoms with Gasteiger partial charge in [-0.15, -0.1) is 0 Å². The van der Waals surface area contributed by atoms with E-state index in [4.69, 9.17) is 4.74 Å². The van der Waals surface area contributed by atoms with E-state index < -0.39 is 6.86 Å². The van der Waals surface area contributed by atoms with Crippen LogP contribution in [0.25, 0.3) is 0 Å². The predicted molar refractivity (Wildman–Crippen MR) is 78.1 cm³/mol. The summed E-state index contributed by atoms with van der Waals surface area (Å²) in [5, 5.41) is 0. The summed E-state index contributed by atoms with van der Waals surface area (Å²) in [5.41, 5.74) is 0. The molecule has 0 bridgehead atoms. The van der Waals surface area contributed by atoms with Gasteiger partial charge in [-0.2, -0.15) is 0 Å². The van der Waals surface area contributed by atoms with E-state index in [1.165, 1.54) is 12.8 Å². The minimum atomic E-state index is -0.677. The number of rotatable bonds is 5. The Morgan fingerprint density at radius 3 is 2.35 bits per heavy atom. The summed E-state index contributed by atoms with van der Waals surface area (Å²) in [7, 11) is 0. The second-order valence-corrected chi connectivity index (χ2v) is 6.53. The first-order valence-electron chi connectivity index (χ1n) is 8.08. The molecule has 0 atom stereocenters. The summed E-state index contributed by atoms with van der Waals surface area (Å²) in [6, 6.07) is 0. The lowest BCUT2D eigenvalue weighted by atomic mass is 9.80. The van der Waals surface area contributed by atoms with Crippen LogP contribution in [-0.4, -0.2) is 18.7 Å². The molecule has 2 rings (SSSR count). The molecule has 0 aromatic carbocycles. The summed E-state index contributed by atoms with van der Waals surface area (Å²) in [4.78, 5) is 12.2. The Hall–Kier alpha value is -0.700. The first-order chi connectivity index (χ1) is 9.69. The average molecular weight is 282 g/mol. The summed E-state index contributed by atoms with van der Waals surface area (Å²) in [6.07, 6.45) is 12.3. The van der Waals surface area contributed by atoms with Gasteiger partial charge < -0.3 is 4.74 Å². The van der Waals surface area contributed by atoms with Gasteiger partial charge in [0.25, 0.3) is 0 Å². The van der Waals surface area contributed by atoms with Crippen LogP contribution in [0.4, 0.5) is 4.39 Å². The van der Waals surface area contributed by atoms with Gasteiger partial charge in [0.1, 0.15) is 0 Å². The number of hydrogen-bond donors (Lipinski definition) is 0. The number of alkyl halides is 1. The molecule has 2 saturated carbocycles. The van der Waals surface area contributed by atoms with Crippen molar-refractivity contribution in [1.29, 1.82) is 0 Å². The molecular formula is C17H27FO2. The van der Waals surface area contributed by atoms with Crippen LogP contribution in [0.5, 0.6) is 0 Å². The molecule has 0 unspecified atom stereocenters. The summed E-state index contributed by atoms with van der Waals surface area (Å²) < 4.78 is 17.1. The molecule has 0 aliphatic heterocycles. The van der Waals surface area contributed by atoms with Gasteiger partial charge in [0.15, 0.2) is 12.6 Å². The second-order valence-electron chi connectivity index (χ2n) is 6.53. The molecule has 114 valence electrons. The van der Waals surface area contributed by atoms with Crippen molar-refractivity contribution in [2.45, 2.75) is 64.4 Å². The molecule has 0 amide bonds. The number of halogens is 1. The number of ether oxygens (including phenoxy) is 1. The van der Waals surface area contributed by atoms with Gasteiger partial charge in [-0.3, -0.25) is 4.79 Å². The fraction of sp³-hybridized carbons (Fsp3) is 0.824. The van der Waals surface area contributed by atoms with Crippen LogP contribution in [0.3, 0.4) is 0 Å². The van der Waals surface area contributed by atoms with Crippen molar-refractivity contribution in [3.05, 3.63) is 12.2 Å². The van der Waals surface area contributed by atoms with Gasteiger partial charge >= 0.3 is 0 Å². The van der Waals surface area contributed by atoms with E-state index in [0.29, 0.717) is 11.7 Å². The second kappa shape index (κ2) is 7.92. The van der Waals surface area contributed by atoms with Crippen LogP contribution < -0.4 is 0 Å². The van der Waals surface area contributed by atoms with Gasteiger partial charge in [-0.05, 0) is 56.4 Å². The molecule has 0 radical (unpaired) electrons. The first kappa shape index (κ1) is 15.7. The van der Waals surface area contributed by atoms with Crippen molar-refractivity contribution in [1.82, 2.24) is 0 Å². The number of ketones is 1. The number of hydrogen-bond acceptors (Lipinski definition) is 2. The van der Waals surface area contributed by atoms with Crippen LogP contribution in [0.2, 0.25) is 0 Å². The van der Waals surface area contributed by atoms with Crippen LogP contribution in [-0.2, 0) is 9.53 Å². The lowest BCUT2D eigenvalue weighted by Gasteiger charge is -2.26. The molecule has 0 saturated heterocycles. The monoisotopic (exact) mass is 282 g/mol. The number of carbonyl (C=O) groups is 1. The molecule has 0 heterocycles. The van der Waals surface area contributed by atoms with E-state index in [0.717, 1.165) is 44.4 Å². The van der Waals surface area contributed by atoms with Crippen LogP contribution in [0.15, 0.2) is 12.2 Å². The first-order valence-corrected chi connectivity index (χ1v) is 8.08. The van der Waals surface area contributed by atoms with Crippen molar-refractivity contribution in [3.63, 3.8) is 0 Å². The van der Waals surface area contributed by atoms with Crippen molar-refractivity contribution < 1.29 is 13.9 Å². The Balaban J connectivity index is 1.72. The molecule has 0 N–H and O–H groups in total. The van der Waals surface area contributed by atoms with E-state index in [1.54, 1.807) is 0 Å². The maximum absolute atomic E-state index is 12.2. The zero-order valence-electron chi connectivity index (χ0n) is 12.5. The minimum absolute atomic E-state index is 0.0835. The van der Waals surface area contributed by atoms with Crippen molar-refractivity contribution in [3.8, 4) is 0 Å². The van der Waals surface area contributed by atoms with E-state index in [-0.39, 0.29) is 12.0 Å². The molecule has 2 fully saturated rings. The molecule has 3 heteroatoms. The topological polar surface area (TPSA) is 26.3 Å². The van der Waals surface area contributed by atoms with E-state index >= 15 is 0 Å². The van der Waals surface area contributed by atoms with Crippen LogP contribution >= 0.6 is 0 Å². The minimum Gasteiger partial charge on any atom is -0.347 e. The van der Waals surface area contributed by atoms with Crippen LogP contribution in [0.1, 0.15) is 58.3 Å². The fourth-order valence-electron chi connectivity index (χ4n) is 3.45. The Bertz CT molecular complexity index is 324. The van der Waals surface area contributed by atoms with E-state index in [1.807, 2.05) is 6.08 Å². The largest absolute Gasteiger partial charge is 0.347 e. The number of allylic oxidation sites excluding steroid dienone is 2. The van der Waals surface area contributed by atoms with Crippen LogP contribution in [0, 0.1) is 17.8 Å². The molecule has 2 aliphatic rings. The maximum Gasteiger partial charge on any atom is 0.188 e. The highest BCUT2D eigenvalue weighted by atomic mass is 19.1. The molecule has 0 spiro atoms. The highest BCUT2D eigenvalue weighted by molar-refractivity contribution is 5.91. The quantitative estimate of drug-likeness (QED) is 0.697. The van der Waals surface area contributed by atoms with Gasteiger partial charge in [0.05, 0.1) is 6.10 Å². The Morgan fingerprint density at radius 1 is 1.10 bits per heavy atom. The third-order valence-electron chi connectivity index (χ3n) is 4.97. The average Bonchev–Trinajstić information content (AvgIpc) is 2.47. The fourth-order valence-corrected chi connectivity index (χ4v) is 3.45. The van der Waals surface area contributed by atoms with Gasteiger partial charge in [0, 0.05) is 5.92 Å². The van der Waals surface area contributed by atoms with E-state index in [2.05, 4.69) is 13.0 Å². The zero-order chi connectivity index (χ0) is 14.4. The molecular weight excluding hydrogens is 255 g/mol. The highest BCUT2D eigenvalue weighted by Crippen LogP contribution is 2.30. The van der Waals surface area contributed by atoms with Crippen molar-refractivity contribution in [2.24, 2.45) is 17.8 Å². The summed E-state index contributed by atoms with van der Waals surface area (Å²) >= 11 is 0. The summed E-state index contributed by atoms with van der Waals surface area (Å²) in [5.74, 6) is 1.84. The van der Waals surface area contributed by atoms with E-state index in [9.17, 15) is 9.18 Å². The highest BCUT2D eigenvalue weighted by Gasteiger charge is 2.24. The third kappa shape index (κ3) is 4.69.